The van der Waals surface area contributed by atoms with Crippen molar-refractivity contribution in [1.29, 1.82) is 0 Å². The summed E-state index contributed by atoms with van der Waals surface area (Å²) in [6, 6.07) is 0. The molecule has 90 valence electrons. The molecule has 0 aromatic heterocycles. The number of aliphatic hydroxyl groups excluding tert-OH is 1. The Kier molecular flexibility index (Phi) is 5.03. The summed E-state index contributed by atoms with van der Waals surface area (Å²) in [5, 5.41) is 9.09. The Hall–Kier alpha value is -0.120. The highest BCUT2D eigenvalue weighted by Crippen LogP contribution is 2.26. The molecule has 3 nitrogen and oxygen atoms in total. The maximum Gasteiger partial charge on any atom is 0.0471 e. The van der Waals surface area contributed by atoms with Crippen molar-refractivity contribution in [2.24, 2.45) is 17.1 Å². The molecule has 1 aliphatic heterocycles. The molecule has 0 saturated carbocycles. The van der Waals surface area contributed by atoms with Crippen molar-refractivity contribution in [3.63, 3.8) is 0 Å². The molecule has 0 aliphatic carbocycles. The fourth-order valence-corrected chi connectivity index (χ4v) is 2.59. The fraction of sp³-hybridized carbons (Fsp3) is 1.00. The number of aliphatic hydroxyl groups is 1. The van der Waals surface area contributed by atoms with Gasteiger partial charge in [0.1, 0.15) is 0 Å². The molecule has 3 heteroatoms. The van der Waals surface area contributed by atoms with Crippen LogP contribution >= 0.6 is 0 Å². The molecule has 2 unspecified atom stereocenters. The molecule has 0 bridgehead atoms. The molecule has 3 N–H and O–H groups in total. The molecule has 0 aromatic carbocycles. The number of nitrogens with two attached hydrogens (primary N) is 1. The third kappa shape index (κ3) is 3.74. The maximum atomic E-state index is 9.09. The largest absolute Gasteiger partial charge is 0.396 e. The van der Waals surface area contributed by atoms with Gasteiger partial charge in [-0.1, -0.05) is 20.3 Å². The van der Waals surface area contributed by atoms with Crippen LogP contribution in [0.1, 0.15) is 33.1 Å². The van der Waals surface area contributed by atoms with Crippen LogP contribution in [0.4, 0.5) is 0 Å². The minimum absolute atomic E-state index is 0.263. The van der Waals surface area contributed by atoms with E-state index in [1.807, 2.05) is 0 Å². The van der Waals surface area contributed by atoms with E-state index in [1.165, 1.54) is 12.8 Å². The first-order valence-electron chi connectivity index (χ1n) is 6.17. The van der Waals surface area contributed by atoms with Gasteiger partial charge in [0, 0.05) is 19.7 Å². The first kappa shape index (κ1) is 12.9. The number of rotatable bonds is 6. The number of nitrogens with zero attached hydrogens (tertiary/aromatic N) is 1. The molecular weight excluding hydrogens is 188 g/mol. The molecular formula is C12H26N2O. The number of hydrogen-bond donors (Lipinski definition) is 2. The van der Waals surface area contributed by atoms with Gasteiger partial charge < -0.3 is 15.7 Å². The summed E-state index contributed by atoms with van der Waals surface area (Å²) in [6.07, 6.45) is 3.54. The van der Waals surface area contributed by atoms with Crippen LogP contribution < -0.4 is 5.73 Å². The normalized spacial score (nSPS) is 26.8. The van der Waals surface area contributed by atoms with Crippen molar-refractivity contribution >= 4 is 0 Å². The highest BCUT2D eigenvalue weighted by molar-refractivity contribution is 4.83. The SMILES string of the molecule is CCCC(C)(CN)CN1CCC(CO)C1. The van der Waals surface area contributed by atoms with Crippen LogP contribution in [0.15, 0.2) is 0 Å². The Labute approximate surface area is 93.6 Å². The lowest BCUT2D eigenvalue weighted by molar-refractivity contribution is 0.168. The van der Waals surface area contributed by atoms with E-state index in [1.54, 1.807) is 0 Å². The number of hydrogen-bond acceptors (Lipinski definition) is 3. The van der Waals surface area contributed by atoms with Gasteiger partial charge >= 0.3 is 0 Å². The predicted octanol–water partition coefficient (Wildman–Crippen LogP) is 1.07. The molecule has 0 radical (unpaired) electrons. The van der Waals surface area contributed by atoms with Gasteiger partial charge in [-0.15, -0.1) is 0 Å². The quantitative estimate of drug-likeness (QED) is 0.695. The molecule has 0 aromatic rings. The summed E-state index contributed by atoms with van der Waals surface area (Å²) in [5.74, 6) is 0.494. The van der Waals surface area contributed by atoms with Crippen molar-refractivity contribution < 1.29 is 5.11 Å². The third-order valence-electron chi connectivity index (χ3n) is 3.58. The van der Waals surface area contributed by atoms with Crippen molar-refractivity contribution in [3.8, 4) is 0 Å². The van der Waals surface area contributed by atoms with Gasteiger partial charge in [0.2, 0.25) is 0 Å². The summed E-state index contributed by atoms with van der Waals surface area (Å²) < 4.78 is 0. The van der Waals surface area contributed by atoms with Crippen molar-refractivity contribution in [3.05, 3.63) is 0 Å². The second-order valence-corrected chi connectivity index (χ2v) is 5.34. The van der Waals surface area contributed by atoms with Gasteiger partial charge in [0.25, 0.3) is 0 Å². The Balaban J connectivity index is 2.39. The molecule has 1 rings (SSSR count). The topological polar surface area (TPSA) is 49.5 Å². The average molecular weight is 214 g/mol. The Morgan fingerprint density at radius 1 is 1.53 bits per heavy atom. The minimum atomic E-state index is 0.263. The van der Waals surface area contributed by atoms with Crippen molar-refractivity contribution in [2.45, 2.75) is 33.1 Å². The molecule has 2 atom stereocenters. The van der Waals surface area contributed by atoms with Crippen LogP contribution in [-0.4, -0.2) is 42.8 Å². The average Bonchev–Trinajstić information content (AvgIpc) is 2.66. The molecule has 15 heavy (non-hydrogen) atoms. The van der Waals surface area contributed by atoms with E-state index < -0.39 is 0 Å². The van der Waals surface area contributed by atoms with Gasteiger partial charge in [0.15, 0.2) is 0 Å². The maximum absolute atomic E-state index is 9.09. The molecule has 1 aliphatic rings. The summed E-state index contributed by atoms with van der Waals surface area (Å²) in [6.45, 7) is 8.87. The third-order valence-corrected chi connectivity index (χ3v) is 3.58. The summed E-state index contributed by atoms with van der Waals surface area (Å²) in [5.41, 5.74) is 6.13. The van der Waals surface area contributed by atoms with Gasteiger partial charge in [-0.05, 0) is 37.3 Å². The zero-order valence-corrected chi connectivity index (χ0v) is 10.2. The summed E-state index contributed by atoms with van der Waals surface area (Å²) in [4.78, 5) is 2.46. The highest BCUT2D eigenvalue weighted by atomic mass is 16.3. The lowest BCUT2D eigenvalue weighted by atomic mass is 9.85. The Morgan fingerprint density at radius 3 is 2.73 bits per heavy atom. The van der Waals surface area contributed by atoms with Crippen LogP contribution in [0.25, 0.3) is 0 Å². The van der Waals surface area contributed by atoms with Crippen molar-refractivity contribution in [1.82, 2.24) is 4.90 Å². The summed E-state index contributed by atoms with van der Waals surface area (Å²) >= 11 is 0. The van der Waals surface area contributed by atoms with E-state index in [-0.39, 0.29) is 5.41 Å². The first-order valence-corrected chi connectivity index (χ1v) is 6.17. The van der Waals surface area contributed by atoms with Crippen LogP contribution in [-0.2, 0) is 0 Å². The Morgan fingerprint density at radius 2 is 2.27 bits per heavy atom. The van der Waals surface area contributed by atoms with Gasteiger partial charge in [-0.2, -0.15) is 0 Å². The highest BCUT2D eigenvalue weighted by Gasteiger charge is 2.29. The van der Waals surface area contributed by atoms with Gasteiger partial charge in [-0.3, -0.25) is 0 Å². The minimum Gasteiger partial charge on any atom is -0.396 e. The molecule has 1 fully saturated rings. The standard InChI is InChI=1S/C12H26N2O/c1-3-5-12(2,9-13)10-14-6-4-11(7-14)8-15/h11,15H,3-10,13H2,1-2H3. The van der Waals surface area contributed by atoms with Crippen LogP contribution in [0.3, 0.4) is 0 Å². The van der Waals surface area contributed by atoms with E-state index in [0.29, 0.717) is 12.5 Å². The van der Waals surface area contributed by atoms with Crippen LogP contribution in [0.2, 0.25) is 0 Å². The van der Waals surface area contributed by atoms with Crippen LogP contribution in [0.5, 0.6) is 0 Å². The fourth-order valence-electron chi connectivity index (χ4n) is 2.59. The first-order chi connectivity index (χ1) is 7.13. The molecule has 0 amide bonds. The second kappa shape index (κ2) is 5.83. The van der Waals surface area contributed by atoms with E-state index in [0.717, 1.165) is 32.6 Å². The zero-order chi connectivity index (χ0) is 11.3. The molecule has 1 heterocycles. The van der Waals surface area contributed by atoms with E-state index in [9.17, 15) is 0 Å². The predicted molar refractivity (Wildman–Crippen MR) is 63.7 cm³/mol. The van der Waals surface area contributed by atoms with E-state index in [2.05, 4.69) is 18.7 Å². The lowest BCUT2D eigenvalue weighted by Gasteiger charge is -2.32. The van der Waals surface area contributed by atoms with Crippen molar-refractivity contribution in [2.75, 3.05) is 32.8 Å². The molecule has 1 saturated heterocycles. The lowest BCUT2D eigenvalue weighted by Crippen LogP contribution is -2.39. The number of likely N-dealkylation sites (tertiary alicyclic amines) is 1. The zero-order valence-electron chi connectivity index (χ0n) is 10.2. The van der Waals surface area contributed by atoms with E-state index in [4.69, 9.17) is 10.8 Å². The second-order valence-electron chi connectivity index (χ2n) is 5.34. The molecule has 0 spiro atoms. The smallest absolute Gasteiger partial charge is 0.0471 e. The van der Waals surface area contributed by atoms with Gasteiger partial charge in [-0.25, -0.2) is 0 Å². The van der Waals surface area contributed by atoms with Gasteiger partial charge in [0.05, 0.1) is 0 Å². The van der Waals surface area contributed by atoms with Crippen LogP contribution in [0, 0.1) is 11.3 Å². The Bertz CT molecular complexity index is 186. The monoisotopic (exact) mass is 214 g/mol. The van der Waals surface area contributed by atoms with E-state index >= 15 is 0 Å². The summed E-state index contributed by atoms with van der Waals surface area (Å²) in [7, 11) is 0.